The molecule has 0 saturated carbocycles. The van der Waals surface area contributed by atoms with Crippen LogP contribution >= 0.6 is 0 Å². The molecule has 0 bridgehead atoms. The number of nitrogens with zero attached hydrogens (tertiary/aromatic N) is 2. The lowest BCUT2D eigenvalue weighted by Gasteiger charge is -2.38. The Morgan fingerprint density at radius 1 is 1.12 bits per heavy atom. The van der Waals surface area contributed by atoms with Gasteiger partial charge >= 0.3 is 5.97 Å². The van der Waals surface area contributed by atoms with Gasteiger partial charge in [0.2, 0.25) is 21.8 Å². The molecule has 6 N–H and O–H groups in total. The SMILES string of the molecule is C[C@@H]1CCN(C(=O)[C@H](CC(=O)NC[C@@H]2CCCN(C(=N)N)C2)NS(=O)(=O)c2ccc3ccccc3c2)C(C(=O)O)C1. The lowest BCUT2D eigenvalue weighted by Crippen LogP contribution is -2.57. The first-order valence-electron chi connectivity index (χ1n) is 13.8. The molecule has 41 heavy (non-hydrogen) atoms. The Bertz CT molecular complexity index is 1420. The fourth-order valence-corrected chi connectivity index (χ4v) is 6.80. The van der Waals surface area contributed by atoms with Crippen LogP contribution in [0.4, 0.5) is 0 Å². The van der Waals surface area contributed by atoms with Gasteiger partial charge in [-0.1, -0.05) is 37.3 Å². The molecule has 2 aromatic carbocycles. The molecule has 0 radical (unpaired) electrons. The Morgan fingerprint density at radius 3 is 2.56 bits per heavy atom. The standard InChI is InChI=1S/C28H38N6O6S/c1-18-10-12-34(24(13-18)27(37)38)26(36)23(15-25(35)31-16-19-5-4-11-33(17-19)28(29)30)32-41(39,40)22-9-8-20-6-2-3-7-21(20)14-22/h2-3,6-9,14,18-19,23-24,32H,4-5,10-13,15-17H2,1H3,(H3,29,30)(H,31,35)(H,37,38)/t18-,19+,23+,24?/m1/s1. The van der Waals surface area contributed by atoms with Crippen LogP contribution < -0.4 is 15.8 Å². The monoisotopic (exact) mass is 586 g/mol. The molecule has 2 aliphatic heterocycles. The summed E-state index contributed by atoms with van der Waals surface area (Å²) in [5.41, 5.74) is 5.61. The van der Waals surface area contributed by atoms with E-state index in [-0.39, 0.29) is 42.2 Å². The van der Waals surface area contributed by atoms with Crippen molar-refractivity contribution in [2.45, 2.75) is 56.0 Å². The summed E-state index contributed by atoms with van der Waals surface area (Å²) in [6, 6.07) is 9.22. The molecule has 2 heterocycles. The number of carboxylic acids is 1. The normalized spacial score (nSPS) is 22.2. The first-order valence-corrected chi connectivity index (χ1v) is 15.3. The highest BCUT2D eigenvalue weighted by Gasteiger charge is 2.39. The van der Waals surface area contributed by atoms with Gasteiger partial charge in [0.1, 0.15) is 12.1 Å². The number of rotatable bonds is 9. The second-order valence-electron chi connectivity index (χ2n) is 11.0. The highest BCUT2D eigenvalue weighted by Crippen LogP contribution is 2.25. The summed E-state index contributed by atoms with van der Waals surface area (Å²) in [6.07, 6.45) is 1.96. The van der Waals surface area contributed by atoms with Crippen molar-refractivity contribution in [2.75, 3.05) is 26.2 Å². The Balaban J connectivity index is 1.53. The highest BCUT2D eigenvalue weighted by atomic mass is 32.2. The molecule has 222 valence electrons. The number of guanidine groups is 1. The van der Waals surface area contributed by atoms with Gasteiger partial charge in [-0.2, -0.15) is 4.72 Å². The summed E-state index contributed by atoms with van der Waals surface area (Å²) < 4.78 is 29.3. The fraction of sp³-hybridized carbons (Fsp3) is 0.500. The van der Waals surface area contributed by atoms with Gasteiger partial charge in [-0.15, -0.1) is 0 Å². The third kappa shape index (κ3) is 7.53. The number of aliphatic carboxylic acids is 1. The van der Waals surface area contributed by atoms with Crippen molar-refractivity contribution in [1.29, 1.82) is 5.41 Å². The van der Waals surface area contributed by atoms with Crippen LogP contribution in [0.3, 0.4) is 0 Å². The van der Waals surface area contributed by atoms with E-state index in [1.807, 2.05) is 19.1 Å². The molecular formula is C28H38N6O6S. The number of likely N-dealkylation sites (tertiary alicyclic amines) is 2. The second-order valence-corrected chi connectivity index (χ2v) is 12.8. The fourth-order valence-electron chi connectivity index (χ4n) is 5.58. The molecule has 2 aliphatic rings. The van der Waals surface area contributed by atoms with Crippen molar-refractivity contribution in [3.05, 3.63) is 42.5 Å². The maximum atomic E-state index is 13.7. The average molecular weight is 587 g/mol. The lowest BCUT2D eigenvalue weighted by atomic mass is 9.91. The molecule has 2 aromatic rings. The van der Waals surface area contributed by atoms with Crippen molar-refractivity contribution in [2.24, 2.45) is 17.6 Å². The lowest BCUT2D eigenvalue weighted by molar-refractivity contribution is -0.154. The molecule has 0 spiro atoms. The predicted molar refractivity (Wildman–Crippen MR) is 153 cm³/mol. The largest absolute Gasteiger partial charge is 0.480 e. The summed E-state index contributed by atoms with van der Waals surface area (Å²) in [4.78, 5) is 41.6. The van der Waals surface area contributed by atoms with Crippen LogP contribution in [0.5, 0.6) is 0 Å². The molecule has 2 amide bonds. The van der Waals surface area contributed by atoms with Gasteiger partial charge in [-0.25, -0.2) is 13.2 Å². The quantitative estimate of drug-likeness (QED) is 0.215. The van der Waals surface area contributed by atoms with E-state index in [4.69, 9.17) is 11.1 Å². The maximum Gasteiger partial charge on any atom is 0.326 e. The van der Waals surface area contributed by atoms with E-state index in [1.165, 1.54) is 17.0 Å². The highest BCUT2D eigenvalue weighted by molar-refractivity contribution is 7.89. The number of sulfonamides is 1. The number of nitrogens with two attached hydrogens (primary N) is 1. The van der Waals surface area contributed by atoms with Crippen LogP contribution in [0.15, 0.2) is 47.4 Å². The van der Waals surface area contributed by atoms with E-state index in [2.05, 4.69) is 10.0 Å². The van der Waals surface area contributed by atoms with Gasteiger partial charge in [0.25, 0.3) is 0 Å². The van der Waals surface area contributed by atoms with Crippen molar-refractivity contribution < 1.29 is 27.9 Å². The second kappa shape index (κ2) is 12.9. The molecule has 12 nitrogen and oxygen atoms in total. The average Bonchev–Trinajstić information content (AvgIpc) is 2.95. The van der Waals surface area contributed by atoms with Crippen molar-refractivity contribution in [3.63, 3.8) is 0 Å². The first kappa shape index (κ1) is 30.3. The van der Waals surface area contributed by atoms with E-state index in [0.717, 1.165) is 18.2 Å². The maximum absolute atomic E-state index is 13.7. The first-order chi connectivity index (χ1) is 19.4. The number of benzene rings is 2. The number of carboxylic acid groups (broad SMARTS) is 1. The van der Waals surface area contributed by atoms with Crippen LogP contribution in [0.25, 0.3) is 10.8 Å². The molecule has 13 heteroatoms. The number of fused-ring (bicyclic) bond motifs is 1. The topological polar surface area (TPSA) is 186 Å². The zero-order chi connectivity index (χ0) is 29.7. The van der Waals surface area contributed by atoms with Crippen molar-refractivity contribution >= 4 is 44.5 Å². The minimum absolute atomic E-state index is 0.0291. The van der Waals surface area contributed by atoms with Gasteiger partial charge in [0.05, 0.1) is 11.3 Å². The third-order valence-electron chi connectivity index (χ3n) is 7.90. The number of amides is 2. The van der Waals surface area contributed by atoms with Gasteiger partial charge in [-0.05, 0) is 60.4 Å². The van der Waals surface area contributed by atoms with Crippen LogP contribution in [0, 0.1) is 17.2 Å². The Hall–Kier alpha value is -3.71. The Labute approximate surface area is 239 Å². The summed E-state index contributed by atoms with van der Waals surface area (Å²) in [6.45, 7) is 3.52. The zero-order valence-corrected chi connectivity index (χ0v) is 23.9. The summed E-state index contributed by atoms with van der Waals surface area (Å²) in [5.74, 6) is -2.36. The van der Waals surface area contributed by atoms with Crippen molar-refractivity contribution in [1.82, 2.24) is 19.8 Å². The van der Waals surface area contributed by atoms with Crippen molar-refractivity contribution in [3.8, 4) is 0 Å². The van der Waals surface area contributed by atoms with Gasteiger partial charge in [0, 0.05) is 26.2 Å². The Kier molecular flexibility index (Phi) is 9.49. The number of hydrogen-bond donors (Lipinski definition) is 5. The van der Waals surface area contributed by atoms with Crippen LogP contribution in [0.1, 0.15) is 39.0 Å². The summed E-state index contributed by atoms with van der Waals surface area (Å²) in [7, 11) is -4.25. The number of carbonyl (C=O) groups excluding carboxylic acids is 2. The van der Waals surface area contributed by atoms with Gasteiger partial charge in [-0.3, -0.25) is 15.0 Å². The number of carbonyl (C=O) groups is 3. The van der Waals surface area contributed by atoms with E-state index >= 15 is 0 Å². The molecule has 0 aromatic heterocycles. The molecule has 2 fully saturated rings. The van der Waals surface area contributed by atoms with Crippen LogP contribution in [0.2, 0.25) is 0 Å². The van der Waals surface area contributed by atoms with Crippen LogP contribution in [-0.4, -0.2) is 85.3 Å². The van der Waals surface area contributed by atoms with Gasteiger partial charge in [0.15, 0.2) is 5.96 Å². The van der Waals surface area contributed by atoms with Gasteiger partial charge < -0.3 is 26.0 Å². The van der Waals surface area contributed by atoms with E-state index < -0.39 is 46.3 Å². The minimum Gasteiger partial charge on any atom is -0.480 e. The molecule has 2 saturated heterocycles. The molecule has 4 rings (SSSR count). The summed E-state index contributed by atoms with van der Waals surface area (Å²) >= 11 is 0. The minimum atomic E-state index is -4.25. The van der Waals surface area contributed by atoms with E-state index in [9.17, 15) is 27.9 Å². The molecule has 4 atom stereocenters. The number of piperidine rings is 2. The number of nitrogens with one attached hydrogen (secondary N) is 3. The summed E-state index contributed by atoms with van der Waals surface area (Å²) in [5, 5.41) is 21.8. The molecule has 1 unspecified atom stereocenters. The zero-order valence-electron chi connectivity index (χ0n) is 23.1. The third-order valence-corrected chi connectivity index (χ3v) is 9.37. The smallest absolute Gasteiger partial charge is 0.326 e. The van der Waals surface area contributed by atoms with E-state index in [0.29, 0.717) is 24.9 Å². The van der Waals surface area contributed by atoms with E-state index in [1.54, 1.807) is 23.1 Å². The predicted octanol–water partition coefficient (Wildman–Crippen LogP) is 1.31. The molecular weight excluding hydrogens is 548 g/mol. The molecule has 0 aliphatic carbocycles. The Morgan fingerprint density at radius 2 is 1.85 bits per heavy atom. The van der Waals surface area contributed by atoms with Crippen LogP contribution in [-0.2, 0) is 24.4 Å². The number of hydrogen-bond acceptors (Lipinski definition) is 6.